The Morgan fingerprint density at radius 3 is 3.00 bits per heavy atom. The Balaban J connectivity index is 2.14. The molecule has 1 aromatic carbocycles. The van der Waals surface area contributed by atoms with Gasteiger partial charge in [0.05, 0.1) is 0 Å². The number of nitrogens with zero attached hydrogens (tertiary/aromatic N) is 1. The molecule has 2 rings (SSSR count). The van der Waals surface area contributed by atoms with Gasteiger partial charge >= 0.3 is 0 Å². The Hall–Kier alpha value is -1.06. The Kier molecular flexibility index (Phi) is 5.02. The van der Waals surface area contributed by atoms with Gasteiger partial charge in [0.2, 0.25) is 0 Å². The Morgan fingerprint density at radius 2 is 2.22 bits per heavy atom. The first-order chi connectivity index (χ1) is 8.85. The lowest BCUT2D eigenvalue weighted by Gasteiger charge is -2.28. The minimum absolute atomic E-state index is 0.265. The van der Waals surface area contributed by atoms with Gasteiger partial charge < -0.3 is 15.3 Å². The molecule has 1 unspecified atom stereocenters. The zero-order valence-electron chi connectivity index (χ0n) is 11.2. The van der Waals surface area contributed by atoms with Gasteiger partial charge in [-0.15, -0.1) is 0 Å². The van der Waals surface area contributed by atoms with Crippen molar-refractivity contribution in [3.63, 3.8) is 0 Å². The van der Waals surface area contributed by atoms with Gasteiger partial charge in [0.1, 0.15) is 0 Å². The summed E-state index contributed by atoms with van der Waals surface area (Å²) in [5, 5.41) is 12.6. The fourth-order valence-corrected chi connectivity index (χ4v) is 2.68. The largest absolute Gasteiger partial charge is 0.396 e. The second kappa shape index (κ2) is 6.76. The number of hydrogen-bond donors (Lipinski definition) is 2. The van der Waals surface area contributed by atoms with Crippen LogP contribution in [-0.2, 0) is 6.42 Å². The average molecular weight is 248 g/mol. The van der Waals surface area contributed by atoms with Crippen LogP contribution in [0.15, 0.2) is 24.3 Å². The van der Waals surface area contributed by atoms with Crippen molar-refractivity contribution in [3.05, 3.63) is 29.8 Å². The molecule has 1 aliphatic rings. The minimum atomic E-state index is 0.265. The van der Waals surface area contributed by atoms with Gasteiger partial charge in [-0.2, -0.15) is 0 Å². The molecule has 0 bridgehead atoms. The van der Waals surface area contributed by atoms with E-state index in [0.29, 0.717) is 6.04 Å². The van der Waals surface area contributed by atoms with Crippen LogP contribution in [0.2, 0.25) is 0 Å². The molecule has 1 heterocycles. The van der Waals surface area contributed by atoms with Crippen LogP contribution >= 0.6 is 0 Å². The molecule has 0 spiro atoms. The highest BCUT2D eigenvalue weighted by Crippen LogP contribution is 2.22. The number of aryl methyl sites for hydroxylation is 1. The van der Waals surface area contributed by atoms with E-state index in [-0.39, 0.29) is 6.61 Å². The van der Waals surface area contributed by atoms with Crippen LogP contribution in [-0.4, -0.2) is 37.4 Å². The topological polar surface area (TPSA) is 35.5 Å². The third-order valence-corrected chi connectivity index (χ3v) is 3.67. The maximum Gasteiger partial charge on any atom is 0.0446 e. The van der Waals surface area contributed by atoms with Gasteiger partial charge in [-0.25, -0.2) is 0 Å². The standard InChI is InChI=1S/C15H24N2O/c1-2-13-6-3-4-7-15(13)17-10-5-9-16-14(12-17)8-11-18/h3-4,6-7,14,16,18H,2,5,8-12H2,1H3. The summed E-state index contributed by atoms with van der Waals surface area (Å²) in [5.74, 6) is 0. The molecule has 1 saturated heterocycles. The molecular formula is C15H24N2O. The summed E-state index contributed by atoms with van der Waals surface area (Å²) in [7, 11) is 0. The number of para-hydroxylation sites is 1. The normalized spacial score (nSPS) is 20.8. The molecule has 0 amide bonds. The molecule has 100 valence electrons. The van der Waals surface area contributed by atoms with E-state index in [1.165, 1.54) is 17.7 Å². The van der Waals surface area contributed by atoms with Gasteiger partial charge in [-0.3, -0.25) is 0 Å². The van der Waals surface area contributed by atoms with Crippen LogP contribution in [0.1, 0.15) is 25.3 Å². The van der Waals surface area contributed by atoms with Crippen LogP contribution in [0, 0.1) is 0 Å². The smallest absolute Gasteiger partial charge is 0.0446 e. The van der Waals surface area contributed by atoms with Gasteiger partial charge in [-0.05, 0) is 37.4 Å². The number of aliphatic hydroxyl groups excluding tert-OH is 1. The van der Waals surface area contributed by atoms with E-state index < -0.39 is 0 Å². The first-order valence-corrected chi connectivity index (χ1v) is 7.02. The van der Waals surface area contributed by atoms with Crippen molar-refractivity contribution in [1.29, 1.82) is 0 Å². The first-order valence-electron chi connectivity index (χ1n) is 7.02. The fourth-order valence-electron chi connectivity index (χ4n) is 2.68. The molecule has 2 N–H and O–H groups in total. The Morgan fingerprint density at radius 1 is 1.39 bits per heavy atom. The molecule has 1 fully saturated rings. The molecule has 0 aromatic heterocycles. The van der Waals surface area contributed by atoms with Crippen molar-refractivity contribution >= 4 is 5.69 Å². The molecule has 1 aliphatic heterocycles. The number of benzene rings is 1. The zero-order valence-corrected chi connectivity index (χ0v) is 11.2. The van der Waals surface area contributed by atoms with Gasteiger partial charge in [0.15, 0.2) is 0 Å². The summed E-state index contributed by atoms with van der Waals surface area (Å²) < 4.78 is 0. The molecular weight excluding hydrogens is 224 g/mol. The van der Waals surface area contributed by atoms with E-state index in [9.17, 15) is 0 Å². The van der Waals surface area contributed by atoms with Crippen molar-refractivity contribution in [2.75, 3.05) is 31.1 Å². The van der Waals surface area contributed by atoms with E-state index in [4.69, 9.17) is 5.11 Å². The molecule has 3 heteroatoms. The average Bonchev–Trinajstić information content (AvgIpc) is 2.65. The van der Waals surface area contributed by atoms with E-state index in [1.807, 2.05) is 0 Å². The zero-order chi connectivity index (χ0) is 12.8. The van der Waals surface area contributed by atoms with Crippen molar-refractivity contribution in [2.24, 2.45) is 0 Å². The van der Waals surface area contributed by atoms with Crippen LogP contribution in [0.25, 0.3) is 0 Å². The molecule has 1 atom stereocenters. The van der Waals surface area contributed by atoms with Crippen LogP contribution in [0.5, 0.6) is 0 Å². The van der Waals surface area contributed by atoms with E-state index in [1.54, 1.807) is 0 Å². The highest BCUT2D eigenvalue weighted by atomic mass is 16.3. The van der Waals surface area contributed by atoms with Crippen molar-refractivity contribution in [1.82, 2.24) is 5.32 Å². The SMILES string of the molecule is CCc1ccccc1N1CCCNC(CCO)C1. The van der Waals surface area contributed by atoms with Gasteiger partial charge in [-0.1, -0.05) is 25.1 Å². The lowest BCUT2D eigenvalue weighted by molar-refractivity contribution is 0.267. The predicted molar refractivity (Wildman–Crippen MR) is 76.1 cm³/mol. The second-order valence-electron chi connectivity index (χ2n) is 4.95. The third-order valence-electron chi connectivity index (χ3n) is 3.67. The third kappa shape index (κ3) is 3.24. The number of nitrogens with one attached hydrogen (secondary N) is 1. The molecule has 0 radical (unpaired) electrons. The second-order valence-corrected chi connectivity index (χ2v) is 4.95. The monoisotopic (exact) mass is 248 g/mol. The summed E-state index contributed by atoms with van der Waals surface area (Å²) in [6.45, 7) is 5.63. The first kappa shape index (κ1) is 13.4. The Bertz CT molecular complexity index is 367. The lowest BCUT2D eigenvalue weighted by Crippen LogP contribution is -2.38. The molecule has 3 nitrogen and oxygen atoms in total. The molecule has 1 aromatic rings. The number of hydrogen-bond acceptors (Lipinski definition) is 3. The summed E-state index contributed by atoms with van der Waals surface area (Å²) >= 11 is 0. The minimum Gasteiger partial charge on any atom is -0.396 e. The quantitative estimate of drug-likeness (QED) is 0.853. The molecule has 0 saturated carbocycles. The number of rotatable bonds is 4. The predicted octanol–water partition coefficient (Wildman–Crippen LogP) is 1.80. The highest BCUT2D eigenvalue weighted by Gasteiger charge is 2.18. The summed E-state index contributed by atoms with van der Waals surface area (Å²) in [6.07, 6.45) is 3.08. The van der Waals surface area contributed by atoms with Crippen LogP contribution in [0.3, 0.4) is 0 Å². The molecule has 0 aliphatic carbocycles. The number of anilines is 1. The highest BCUT2D eigenvalue weighted by molar-refractivity contribution is 5.54. The summed E-state index contributed by atoms with van der Waals surface area (Å²) in [6, 6.07) is 9.08. The van der Waals surface area contributed by atoms with E-state index >= 15 is 0 Å². The van der Waals surface area contributed by atoms with Crippen LogP contribution in [0.4, 0.5) is 5.69 Å². The van der Waals surface area contributed by atoms with E-state index in [0.717, 1.165) is 32.5 Å². The lowest BCUT2D eigenvalue weighted by atomic mass is 10.1. The van der Waals surface area contributed by atoms with E-state index in [2.05, 4.69) is 41.4 Å². The van der Waals surface area contributed by atoms with Crippen molar-refractivity contribution in [2.45, 2.75) is 32.2 Å². The summed E-state index contributed by atoms with van der Waals surface area (Å²) in [4.78, 5) is 2.47. The van der Waals surface area contributed by atoms with Crippen LogP contribution < -0.4 is 10.2 Å². The van der Waals surface area contributed by atoms with Gasteiger partial charge in [0.25, 0.3) is 0 Å². The maximum atomic E-state index is 9.11. The summed E-state index contributed by atoms with van der Waals surface area (Å²) in [5.41, 5.74) is 2.79. The maximum absolute atomic E-state index is 9.11. The Labute approximate surface area is 110 Å². The molecule has 18 heavy (non-hydrogen) atoms. The fraction of sp³-hybridized carbons (Fsp3) is 0.600. The number of aliphatic hydroxyl groups is 1. The van der Waals surface area contributed by atoms with Crippen molar-refractivity contribution < 1.29 is 5.11 Å². The van der Waals surface area contributed by atoms with Gasteiger partial charge in [0, 0.05) is 31.4 Å². The van der Waals surface area contributed by atoms with Crippen molar-refractivity contribution in [3.8, 4) is 0 Å².